The van der Waals surface area contributed by atoms with Crippen molar-refractivity contribution in [1.29, 1.82) is 0 Å². The molecule has 0 atom stereocenters. The van der Waals surface area contributed by atoms with Gasteiger partial charge >= 0.3 is 5.97 Å². The van der Waals surface area contributed by atoms with E-state index in [2.05, 4.69) is 13.2 Å². The molecule has 0 saturated heterocycles. The third-order valence-electron chi connectivity index (χ3n) is 3.07. The number of hydrogen-bond acceptors (Lipinski definition) is 6. The summed E-state index contributed by atoms with van der Waals surface area (Å²) in [5.41, 5.74) is 0.846. The predicted octanol–water partition coefficient (Wildman–Crippen LogP) is 4.91. The van der Waals surface area contributed by atoms with Crippen molar-refractivity contribution >= 4 is 39.7 Å². The molecule has 0 aliphatic carbocycles. The number of esters is 1. The SMILES string of the molecule is C=CC(=O)Sc1ccc(C(=O)Oc2ccc(SC(=O)C(=C)C)cc2)cc1. The summed E-state index contributed by atoms with van der Waals surface area (Å²) in [6.45, 7) is 8.67. The van der Waals surface area contributed by atoms with Crippen molar-refractivity contribution in [2.75, 3.05) is 0 Å². The van der Waals surface area contributed by atoms with E-state index in [1.165, 1.54) is 6.08 Å². The van der Waals surface area contributed by atoms with Crippen molar-refractivity contribution in [3.05, 3.63) is 78.9 Å². The van der Waals surface area contributed by atoms with Crippen LogP contribution in [0.4, 0.5) is 0 Å². The van der Waals surface area contributed by atoms with E-state index >= 15 is 0 Å². The molecule has 0 radical (unpaired) electrons. The molecule has 0 spiro atoms. The van der Waals surface area contributed by atoms with Crippen LogP contribution in [0.3, 0.4) is 0 Å². The van der Waals surface area contributed by atoms with E-state index in [4.69, 9.17) is 4.74 Å². The molecule has 0 aliphatic heterocycles. The number of benzene rings is 2. The molecule has 6 heteroatoms. The number of carbonyl (C=O) groups is 3. The van der Waals surface area contributed by atoms with Crippen LogP contribution < -0.4 is 4.74 Å². The minimum Gasteiger partial charge on any atom is -0.423 e. The summed E-state index contributed by atoms with van der Waals surface area (Å²) < 4.78 is 5.31. The molecule has 0 bridgehead atoms. The lowest BCUT2D eigenvalue weighted by molar-refractivity contribution is -0.108. The first-order chi connectivity index (χ1) is 12.4. The van der Waals surface area contributed by atoms with Gasteiger partial charge in [-0.25, -0.2) is 4.79 Å². The zero-order valence-electron chi connectivity index (χ0n) is 14.1. The van der Waals surface area contributed by atoms with Crippen molar-refractivity contribution in [2.24, 2.45) is 0 Å². The third kappa shape index (κ3) is 5.75. The largest absolute Gasteiger partial charge is 0.423 e. The first-order valence-electron chi connectivity index (χ1n) is 7.53. The molecule has 0 unspecified atom stereocenters. The third-order valence-corrected chi connectivity index (χ3v) is 4.99. The Labute approximate surface area is 160 Å². The molecule has 0 aliphatic rings. The van der Waals surface area contributed by atoms with Gasteiger partial charge in [0.25, 0.3) is 0 Å². The summed E-state index contributed by atoms with van der Waals surface area (Å²) >= 11 is 2.10. The Morgan fingerprint density at radius 2 is 1.46 bits per heavy atom. The Kier molecular flexibility index (Phi) is 7.00. The van der Waals surface area contributed by atoms with Crippen LogP contribution in [-0.4, -0.2) is 16.2 Å². The molecule has 4 nitrogen and oxygen atoms in total. The highest BCUT2D eigenvalue weighted by molar-refractivity contribution is 8.14. The van der Waals surface area contributed by atoms with Crippen molar-refractivity contribution in [3.63, 3.8) is 0 Å². The zero-order valence-corrected chi connectivity index (χ0v) is 15.7. The molecule has 2 aromatic carbocycles. The summed E-state index contributed by atoms with van der Waals surface area (Å²) in [6, 6.07) is 13.2. The van der Waals surface area contributed by atoms with Crippen molar-refractivity contribution in [3.8, 4) is 5.75 Å². The molecule has 0 aromatic heterocycles. The molecule has 0 saturated carbocycles. The first kappa shape index (κ1) is 19.8. The maximum Gasteiger partial charge on any atom is 0.343 e. The first-order valence-corrected chi connectivity index (χ1v) is 9.16. The highest BCUT2D eigenvalue weighted by Gasteiger charge is 2.10. The number of carbonyl (C=O) groups excluding carboxylic acids is 3. The second kappa shape index (κ2) is 9.22. The summed E-state index contributed by atoms with van der Waals surface area (Å²) in [4.78, 5) is 36.6. The molecule has 2 aromatic rings. The van der Waals surface area contributed by atoms with Crippen LogP contribution >= 0.6 is 23.5 Å². The van der Waals surface area contributed by atoms with Crippen LogP contribution in [0.15, 0.2) is 83.1 Å². The maximum atomic E-state index is 12.2. The normalized spacial score (nSPS) is 10.0. The van der Waals surface area contributed by atoms with Gasteiger partial charge in [0.15, 0.2) is 0 Å². The van der Waals surface area contributed by atoms with Crippen molar-refractivity contribution < 1.29 is 19.1 Å². The van der Waals surface area contributed by atoms with Crippen LogP contribution in [0.25, 0.3) is 0 Å². The Balaban J connectivity index is 1.98. The van der Waals surface area contributed by atoms with E-state index in [0.717, 1.165) is 33.3 Å². The molecule has 0 fully saturated rings. The van der Waals surface area contributed by atoms with Gasteiger partial charge in [-0.3, -0.25) is 9.59 Å². The van der Waals surface area contributed by atoms with Gasteiger partial charge in [-0.05, 0) is 90.6 Å². The van der Waals surface area contributed by atoms with E-state index < -0.39 is 5.97 Å². The molecule has 2 rings (SSSR count). The van der Waals surface area contributed by atoms with Gasteiger partial charge in [0.1, 0.15) is 5.75 Å². The van der Waals surface area contributed by atoms with Crippen molar-refractivity contribution in [1.82, 2.24) is 0 Å². The van der Waals surface area contributed by atoms with Crippen LogP contribution in [0, 0.1) is 0 Å². The second-order valence-electron chi connectivity index (χ2n) is 5.18. The zero-order chi connectivity index (χ0) is 19.1. The maximum absolute atomic E-state index is 12.2. The highest BCUT2D eigenvalue weighted by Crippen LogP contribution is 2.25. The Hall–Kier alpha value is -2.57. The lowest BCUT2D eigenvalue weighted by Crippen LogP contribution is -2.08. The summed E-state index contributed by atoms with van der Waals surface area (Å²) in [7, 11) is 0. The minimum atomic E-state index is -0.505. The van der Waals surface area contributed by atoms with Gasteiger partial charge in [-0.15, -0.1) is 0 Å². The van der Waals surface area contributed by atoms with Crippen molar-refractivity contribution in [2.45, 2.75) is 16.7 Å². The smallest absolute Gasteiger partial charge is 0.343 e. The van der Waals surface area contributed by atoms with Gasteiger partial charge in [-0.1, -0.05) is 13.2 Å². The fourth-order valence-corrected chi connectivity index (χ4v) is 3.00. The molecule has 0 heterocycles. The quantitative estimate of drug-likeness (QED) is 0.305. The summed E-state index contributed by atoms with van der Waals surface area (Å²) in [6.07, 6.45) is 1.23. The molecule has 26 heavy (non-hydrogen) atoms. The monoisotopic (exact) mass is 384 g/mol. The molecular weight excluding hydrogens is 368 g/mol. The predicted molar refractivity (Wildman–Crippen MR) is 105 cm³/mol. The topological polar surface area (TPSA) is 60.4 Å². The molecular formula is C20H16O4S2. The fourth-order valence-electron chi connectivity index (χ4n) is 1.75. The average molecular weight is 384 g/mol. The molecule has 132 valence electrons. The van der Waals surface area contributed by atoms with E-state index in [0.29, 0.717) is 16.9 Å². The lowest BCUT2D eigenvalue weighted by Gasteiger charge is -2.06. The number of hydrogen-bond donors (Lipinski definition) is 0. The molecule has 0 N–H and O–H groups in total. The lowest BCUT2D eigenvalue weighted by atomic mass is 10.2. The van der Waals surface area contributed by atoms with Crippen LogP contribution in [-0.2, 0) is 9.59 Å². The minimum absolute atomic E-state index is 0.109. The standard InChI is InChI=1S/C20H16O4S2/c1-4-18(21)25-16-9-5-14(6-10-16)19(22)24-15-7-11-17(12-8-15)26-20(23)13(2)3/h4-12H,1-2H2,3H3. The van der Waals surface area contributed by atoms with Crippen LogP contribution in [0.1, 0.15) is 17.3 Å². The van der Waals surface area contributed by atoms with Crippen LogP contribution in [0.5, 0.6) is 5.75 Å². The van der Waals surface area contributed by atoms with Gasteiger partial charge in [0.05, 0.1) is 5.56 Å². The number of thioether (sulfide) groups is 2. The Morgan fingerprint density at radius 3 is 2.00 bits per heavy atom. The Bertz CT molecular complexity index is 852. The van der Waals surface area contributed by atoms with E-state index in [1.807, 2.05) is 0 Å². The highest BCUT2D eigenvalue weighted by atomic mass is 32.2. The molecule has 0 amide bonds. The van der Waals surface area contributed by atoms with Crippen LogP contribution in [0.2, 0.25) is 0 Å². The van der Waals surface area contributed by atoms with Gasteiger partial charge in [-0.2, -0.15) is 0 Å². The summed E-state index contributed by atoms with van der Waals surface area (Å²) in [5.74, 6) is -0.127. The van der Waals surface area contributed by atoms with E-state index in [1.54, 1.807) is 55.5 Å². The summed E-state index contributed by atoms with van der Waals surface area (Å²) in [5, 5.41) is -0.272. The Morgan fingerprint density at radius 1 is 0.923 bits per heavy atom. The fraction of sp³-hybridized carbons (Fsp3) is 0.0500. The average Bonchev–Trinajstić information content (AvgIpc) is 2.63. The van der Waals surface area contributed by atoms with Gasteiger partial charge in [0, 0.05) is 9.79 Å². The number of rotatable bonds is 6. The second-order valence-corrected chi connectivity index (χ2v) is 7.30. The van der Waals surface area contributed by atoms with Gasteiger partial charge in [0.2, 0.25) is 10.2 Å². The van der Waals surface area contributed by atoms with Gasteiger partial charge < -0.3 is 4.74 Å². The van der Waals surface area contributed by atoms with E-state index in [9.17, 15) is 14.4 Å². The van der Waals surface area contributed by atoms with E-state index in [-0.39, 0.29) is 10.2 Å². The number of ether oxygens (including phenoxy) is 1.